The van der Waals surface area contributed by atoms with Gasteiger partial charge in [0.05, 0.1) is 23.0 Å². The molecule has 0 radical (unpaired) electrons. The molecule has 2 heterocycles. The molecule has 1 aromatic carbocycles. The summed E-state index contributed by atoms with van der Waals surface area (Å²) in [5.41, 5.74) is 1.55. The van der Waals surface area contributed by atoms with Gasteiger partial charge in [0.1, 0.15) is 17.3 Å². The molecule has 0 spiro atoms. The SMILES string of the molecule is O=C1C=C(O)/C(=C/N2CCCC2)C2OC=C(c3ccc(O)cc3)C(O)=C12. The Morgan fingerprint density at radius 1 is 1.08 bits per heavy atom. The summed E-state index contributed by atoms with van der Waals surface area (Å²) in [5.74, 6) is -0.681. The molecule has 134 valence electrons. The highest BCUT2D eigenvalue weighted by molar-refractivity contribution is 6.10. The second-order valence-electron chi connectivity index (χ2n) is 6.58. The highest BCUT2D eigenvalue weighted by Gasteiger charge is 2.38. The number of ether oxygens (including phenoxy) is 1. The molecule has 0 bridgehead atoms. The molecule has 1 unspecified atom stereocenters. The first kappa shape index (κ1) is 16.3. The Labute approximate surface area is 150 Å². The van der Waals surface area contributed by atoms with Crippen LogP contribution in [0.25, 0.3) is 5.57 Å². The zero-order valence-corrected chi connectivity index (χ0v) is 14.1. The van der Waals surface area contributed by atoms with E-state index in [1.807, 2.05) is 6.20 Å². The first-order chi connectivity index (χ1) is 12.5. The van der Waals surface area contributed by atoms with E-state index < -0.39 is 11.9 Å². The lowest BCUT2D eigenvalue weighted by molar-refractivity contribution is -0.112. The van der Waals surface area contributed by atoms with Crippen molar-refractivity contribution in [3.05, 3.63) is 71.0 Å². The second-order valence-corrected chi connectivity index (χ2v) is 6.58. The van der Waals surface area contributed by atoms with Crippen LogP contribution in [0.5, 0.6) is 5.75 Å². The lowest BCUT2D eigenvalue weighted by Gasteiger charge is -2.30. The maximum Gasteiger partial charge on any atom is 0.193 e. The van der Waals surface area contributed by atoms with E-state index in [4.69, 9.17) is 4.74 Å². The molecule has 2 aliphatic heterocycles. The largest absolute Gasteiger partial charge is 0.508 e. The third-order valence-electron chi connectivity index (χ3n) is 4.85. The molecule has 6 nitrogen and oxygen atoms in total. The Hall–Kier alpha value is -3.15. The van der Waals surface area contributed by atoms with Gasteiger partial charge in [-0.25, -0.2) is 0 Å². The summed E-state index contributed by atoms with van der Waals surface area (Å²) in [7, 11) is 0. The van der Waals surface area contributed by atoms with Gasteiger partial charge in [-0.3, -0.25) is 4.79 Å². The van der Waals surface area contributed by atoms with Crippen LogP contribution in [0.15, 0.2) is 65.5 Å². The number of benzene rings is 1. The zero-order valence-electron chi connectivity index (χ0n) is 14.1. The molecular formula is C20H19NO5. The third kappa shape index (κ3) is 2.73. The van der Waals surface area contributed by atoms with Gasteiger partial charge >= 0.3 is 0 Å². The predicted octanol–water partition coefficient (Wildman–Crippen LogP) is 2.95. The smallest absolute Gasteiger partial charge is 0.193 e. The molecule has 3 N–H and O–H groups in total. The van der Waals surface area contributed by atoms with Gasteiger partial charge in [0, 0.05) is 25.4 Å². The van der Waals surface area contributed by atoms with Crippen molar-refractivity contribution < 1.29 is 24.9 Å². The van der Waals surface area contributed by atoms with Crippen LogP contribution >= 0.6 is 0 Å². The molecule has 1 saturated heterocycles. The molecule has 0 amide bonds. The van der Waals surface area contributed by atoms with Gasteiger partial charge in [0.15, 0.2) is 11.9 Å². The van der Waals surface area contributed by atoms with Crippen molar-refractivity contribution in [1.82, 2.24) is 4.90 Å². The number of aliphatic hydroxyl groups excluding tert-OH is 2. The average molecular weight is 353 g/mol. The number of hydrogen-bond acceptors (Lipinski definition) is 6. The molecule has 3 aliphatic rings. The topological polar surface area (TPSA) is 90.2 Å². The summed E-state index contributed by atoms with van der Waals surface area (Å²) in [6.45, 7) is 1.77. The number of phenols is 1. The predicted molar refractivity (Wildman–Crippen MR) is 95.2 cm³/mol. The van der Waals surface area contributed by atoms with Crippen molar-refractivity contribution in [3.8, 4) is 5.75 Å². The van der Waals surface area contributed by atoms with E-state index in [0.29, 0.717) is 16.7 Å². The number of nitrogens with zero attached hydrogens (tertiary/aromatic N) is 1. The number of aromatic hydroxyl groups is 1. The molecule has 1 aromatic rings. The number of carbonyl (C=O) groups excluding carboxylic acids is 1. The maximum absolute atomic E-state index is 12.4. The maximum atomic E-state index is 12.4. The van der Waals surface area contributed by atoms with Crippen LogP contribution in [-0.4, -0.2) is 45.2 Å². The van der Waals surface area contributed by atoms with Crippen LogP contribution in [0.4, 0.5) is 0 Å². The molecule has 0 saturated carbocycles. The fourth-order valence-electron chi connectivity index (χ4n) is 3.47. The summed E-state index contributed by atoms with van der Waals surface area (Å²) in [6.07, 6.45) is 5.64. The van der Waals surface area contributed by atoms with E-state index >= 15 is 0 Å². The van der Waals surface area contributed by atoms with Gasteiger partial charge in [-0.15, -0.1) is 0 Å². The molecule has 1 aliphatic carbocycles. The van der Waals surface area contributed by atoms with Gasteiger partial charge in [0.25, 0.3) is 0 Å². The van der Waals surface area contributed by atoms with E-state index in [1.54, 1.807) is 12.1 Å². The van der Waals surface area contributed by atoms with Crippen LogP contribution in [0.2, 0.25) is 0 Å². The Morgan fingerprint density at radius 2 is 1.77 bits per heavy atom. The minimum atomic E-state index is -0.839. The van der Waals surface area contributed by atoms with Crippen molar-refractivity contribution in [2.24, 2.45) is 0 Å². The molecule has 26 heavy (non-hydrogen) atoms. The zero-order chi connectivity index (χ0) is 18.3. The monoisotopic (exact) mass is 353 g/mol. The number of fused-ring (bicyclic) bond motifs is 1. The first-order valence-corrected chi connectivity index (χ1v) is 8.54. The minimum absolute atomic E-state index is 0.105. The Kier molecular flexibility index (Phi) is 3.95. The number of phenolic OH excluding ortho intramolecular Hbond substituents is 1. The number of ketones is 1. The van der Waals surface area contributed by atoms with Crippen molar-refractivity contribution in [3.63, 3.8) is 0 Å². The molecule has 1 fully saturated rings. The lowest BCUT2D eigenvalue weighted by Crippen LogP contribution is -2.32. The Morgan fingerprint density at radius 3 is 2.46 bits per heavy atom. The highest BCUT2D eigenvalue weighted by atomic mass is 16.5. The van der Waals surface area contributed by atoms with E-state index in [2.05, 4.69) is 4.90 Å². The van der Waals surface area contributed by atoms with Crippen molar-refractivity contribution in [2.45, 2.75) is 18.9 Å². The number of carbonyl (C=O) groups is 1. The molecule has 4 rings (SSSR count). The molecule has 6 heteroatoms. The number of likely N-dealkylation sites (tertiary alicyclic amines) is 1. The van der Waals surface area contributed by atoms with Crippen LogP contribution in [0, 0.1) is 0 Å². The fraction of sp³-hybridized carbons (Fsp3) is 0.250. The van der Waals surface area contributed by atoms with E-state index in [9.17, 15) is 20.1 Å². The van der Waals surface area contributed by atoms with Crippen molar-refractivity contribution in [2.75, 3.05) is 13.1 Å². The molecule has 0 aromatic heterocycles. The Balaban J connectivity index is 1.74. The summed E-state index contributed by atoms with van der Waals surface area (Å²) in [4.78, 5) is 14.5. The number of rotatable bonds is 2. The number of hydrogen-bond donors (Lipinski definition) is 3. The second kappa shape index (κ2) is 6.29. The standard InChI is InChI=1S/C20H19NO5/c22-13-5-3-12(4-6-13)15-11-26-20-14(10-21-7-1-2-8-21)16(23)9-17(24)18(20)19(15)25/h3-6,9-11,20,22-23,25H,1-2,7-8H2/b14-10-. The fourth-order valence-corrected chi connectivity index (χ4v) is 3.47. The van der Waals surface area contributed by atoms with Gasteiger partial charge < -0.3 is 25.0 Å². The van der Waals surface area contributed by atoms with Gasteiger partial charge in [-0.05, 0) is 30.5 Å². The van der Waals surface area contributed by atoms with Gasteiger partial charge in [0.2, 0.25) is 0 Å². The average Bonchev–Trinajstić information content (AvgIpc) is 3.12. The lowest BCUT2D eigenvalue weighted by atomic mass is 9.86. The summed E-state index contributed by atoms with van der Waals surface area (Å²) >= 11 is 0. The molecule has 1 atom stereocenters. The quantitative estimate of drug-likeness (QED) is 0.757. The number of aliphatic hydroxyl groups is 2. The third-order valence-corrected chi connectivity index (χ3v) is 4.85. The van der Waals surface area contributed by atoms with Crippen LogP contribution in [0.1, 0.15) is 18.4 Å². The summed E-state index contributed by atoms with van der Waals surface area (Å²) < 4.78 is 5.75. The van der Waals surface area contributed by atoms with E-state index in [0.717, 1.165) is 32.0 Å². The van der Waals surface area contributed by atoms with Crippen LogP contribution in [0.3, 0.4) is 0 Å². The number of allylic oxidation sites excluding steroid dienone is 2. The summed E-state index contributed by atoms with van der Waals surface area (Å²) in [6, 6.07) is 6.24. The first-order valence-electron chi connectivity index (χ1n) is 8.54. The van der Waals surface area contributed by atoms with Crippen LogP contribution < -0.4 is 0 Å². The van der Waals surface area contributed by atoms with Crippen molar-refractivity contribution in [1.29, 1.82) is 0 Å². The van der Waals surface area contributed by atoms with Gasteiger partial charge in [-0.1, -0.05) is 12.1 Å². The normalized spacial score (nSPS) is 24.3. The van der Waals surface area contributed by atoms with E-state index in [1.165, 1.54) is 18.4 Å². The van der Waals surface area contributed by atoms with Crippen molar-refractivity contribution >= 4 is 11.4 Å². The minimum Gasteiger partial charge on any atom is -0.508 e. The van der Waals surface area contributed by atoms with E-state index in [-0.39, 0.29) is 22.8 Å². The Bertz CT molecular complexity index is 870. The van der Waals surface area contributed by atoms with Gasteiger partial charge in [-0.2, -0.15) is 0 Å². The molecular weight excluding hydrogens is 334 g/mol. The van der Waals surface area contributed by atoms with Crippen LogP contribution in [-0.2, 0) is 9.53 Å². The summed E-state index contributed by atoms with van der Waals surface area (Å²) in [5, 5.41) is 30.4. The highest BCUT2D eigenvalue weighted by Crippen LogP contribution is 2.38.